The highest BCUT2D eigenvalue weighted by atomic mass is 16.2. The summed E-state index contributed by atoms with van der Waals surface area (Å²) in [6, 6.07) is 5.25. The Hall–Kier alpha value is -3.10. The van der Waals surface area contributed by atoms with Gasteiger partial charge in [-0.3, -0.25) is 14.4 Å². The van der Waals surface area contributed by atoms with Crippen LogP contribution in [-0.2, 0) is 14.4 Å². The molecular weight excluding hydrogens is 398 g/mol. The topological polar surface area (TPSA) is 142 Å². The number of carbonyl (C=O) groups excluding carboxylic acids is 4. The zero-order valence-corrected chi connectivity index (χ0v) is 19.0. The van der Waals surface area contributed by atoms with Gasteiger partial charge in [0.2, 0.25) is 17.7 Å². The molecule has 0 spiro atoms. The van der Waals surface area contributed by atoms with Crippen LogP contribution in [0.15, 0.2) is 24.3 Å². The minimum absolute atomic E-state index is 0.160. The molecule has 0 radical (unpaired) electrons. The van der Waals surface area contributed by atoms with E-state index in [0.29, 0.717) is 18.0 Å². The van der Waals surface area contributed by atoms with Crippen LogP contribution < -0.4 is 27.0 Å². The summed E-state index contributed by atoms with van der Waals surface area (Å²) in [5.41, 5.74) is 6.83. The summed E-state index contributed by atoms with van der Waals surface area (Å²) in [5.74, 6) is -0.937. The standard InChI is InChI=1S/C22H35N5O4/c1-13(2)16-8-10-17(11-9-16)26-20(29)18(7-6-12-24-22(23)31)27-21(30)19(14(3)4)25-15(5)28/h8-11,13-14,18-19H,6-7,12H2,1-5H3,(H,25,28)(H,26,29)(H,27,30)(H3,23,24,31)/t18-,19?/m1/s1. The Morgan fingerprint density at radius 3 is 2.03 bits per heavy atom. The molecule has 2 atom stereocenters. The Morgan fingerprint density at radius 2 is 1.55 bits per heavy atom. The van der Waals surface area contributed by atoms with Crippen LogP contribution in [0, 0.1) is 5.92 Å². The molecule has 0 aliphatic carbocycles. The number of benzene rings is 1. The third-order valence-electron chi connectivity index (χ3n) is 4.75. The third kappa shape index (κ3) is 9.50. The Kier molecular flexibility index (Phi) is 10.5. The Morgan fingerprint density at radius 1 is 0.935 bits per heavy atom. The molecule has 0 aliphatic rings. The quantitative estimate of drug-likeness (QED) is 0.339. The van der Waals surface area contributed by atoms with E-state index in [4.69, 9.17) is 5.73 Å². The fraction of sp³-hybridized carbons (Fsp3) is 0.545. The van der Waals surface area contributed by atoms with Gasteiger partial charge in [-0.05, 0) is 42.4 Å². The van der Waals surface area contributed by atoms with Crippen LogP contribution >= 0.6 is 0 Å². The van der Waals surface area contributed by atoms with E-state index in [1.807, 2.05) is 38.1 Å². The number of rotatable bonds is 11. The normalized spacial score (nSPS) is 12.7. The molecule has 0 aromatic heterocycles. The van der Waals surface area contributed by atoms with Crippen LogP contribution in [0.5, 0.6) is 0 Å². The first-order valence-electron chi connectivity index (χ1n) is 10.5. The molecule has 0 heterocycles. The van der Waals surface area contributed by atoms with Crippen molar-refractivity contribution in [1.82, 2.24) is 16.0 Å². The predicted molar refractivity (Wildman–Crippen MR) is 120 cm³/mol. The van der Waals surface area contributed by atoms with Gasteiger partial charge in [-0.15, -0.1) is 0 Å². The number of urea groups is 1. The number of hydrogen-bond donors (Lipinski definition) is 5. The van der Waals surface area contributed by atoms with Gasteiger partial charge in [-0.25, -0.2) is 4.79 Å². The van der Waals surface area contributed by atoms with Crippen LogP contribution in [0.2, 0.25) is 0 Å². The zero-order valence-electron chi connectivity index (χ0n) is 19.0. The molecule has 0 aliphatic heterocycles. The first-order chi connectivity index (χ1) is 14.5. The van der Waals surface area contributed by atoms with Crippen molar-refractivity contribution < 1.29 is 19.2 Å². The van der Waals surface area contributed by atoms with Gasteiger partial charge >= 0.3 is 6.03 Å². The van der Waals surface area contributed by atoms with Gasteiger partial charge in [-0.2, -0.15) is 0 Å². The second kappa shape index (κ2) is 12.6. The minimum Gasteiger partial charge on any atom is -0.352 e. The number of carbonyl (C=O) groups is 4. The van der Waals surface area contributed by atoms with Crippen molar-refractivity contribution in [2.24, 2.45) is 11.7 Å². The highest BCUT2D eigenvalue weighted by molar-refractivity contribution is 5.98. The third-order valence-corrected chi connectivity index (χ3v) is 4.75. The number of primary amides is 1. The maximum absolute atomic E-state index is 12.9. The lowest BCUT2D eigenvalue weighted by molar-refractivity contribution is -0.131. The molecule has 31 heavy (non-hydrogen) atoms. The van der Waals surface area contributed by atoms with Crippen molar-refractivity contribution in [2.75, 3.05) is 11.9 Å². The maximum atomic E-state index is 12.9. The second-order valence-electron chi connectivity index (χ2n) is 8.18. The van der Waals surface area contributed by atoms with Crippen LogP contribution in [0.3, 0.4) is 0 Å². The van der Waals surface area contributed by atoms with Gasteiger partial charge in [0.1, 0.15) is 12.1 Å². The molecule has 6 N–H and O–H groups in total. The second-order valence-corrected chi connectivity index (χ2v) is 8.18. The van der Waals surface area contributed by atoms with E-state index in [-0.39, 0.29) is 30.7 Å². The van der Waals surface area contributed by atoms with Gasteiger partial charge in [0.25, 0.3) is 0 Å². The van der Waals surface area contributed by atoms with Crippen molar-refractivity contribution in [2.45, 2.75) is 65.5 Å². The van der Waals surface area contributed by atoms with Crippen LogP contribution in [0.4, 0.5) is 10.5 Å². The lowest BCUT2D eigenvalue weighted by Crippen LogP contribution is -2.54. The van der Waals surface area contributed by atoms with Crippen molar-refractivity contribution in [3.8, 4) is 0 Å². The molecule has 172 valence electrons. The first-order valence-corrected chi connectivity index (χ1v) is 10.5. The summed E-state index contributed by atoms with van der Waals surface area (Å²) in [6.45, 7) is 9.39. The van der Waals surface area contributed by atoms with Crippen molar-refractivity contribution >= 4 is 29.4 Å². The molecule has 0 saturated carbocycles. The van der Waals surface area contributed by atoms with E-state index in [0.717, 1.165) is 5.56 Å². The Bertz CT molecular complexity index is 762. The molecular formula is C22H35N5O4. The van der Waals surface area contributed by atoms with E-state index in [2.05, 4.69) is 35.1 Å². The van der Waals surface area contributed by atoms with Crippen molar-refractivity contribution in [3.05, 3.63) is 29.8 Å². The fourth-order valence-corrected chi connectivity index (χ4v) is 2.98. The smallest absolute Gasteiger partial charge is 0.312 e. The van der Waals surface area contributed by atoms with Crippen molar-refractivity contribution in [1.29, 1.82) is 0 Å². The van der Waals surface area contributed by atoms with Gasteiger partial charge in [-0.1, -0.05) is 39.8 Å². The lowest BCUT2D eigenvalue weighted by atomic mass is 10.0. The monoisotopic (exact) mass is 433 g/mol. The molecule has 1 unspecified atom stereocenters. The SMILES string of the molecule is CC(=O)NC(C(=O)N[C@H](CCCNC(N)=O)C(=O)Nc1ccc(C(C)C)cc1)C(C)C. The van der Waals surface area contributed by atoms with Crippen LogP contribution in [0.1, 0.15) is 58.9 Å². The maximum Gasteiger partial charge on any atom is 0.312 e. The highest BCUT2D eigenvalue weighted by Crippen LogP contribution is 2.17. The van der Waals surface area contributed by atoms with E-state index in [9.17, 15) is 19.2 Å². The average molecular weight is 434 g/mol. The molecule has 0 saturated heterocycles. The van der Waals surface area contributed by atoms with Gasteiger partial charge in [0.15, 0.2) is 0 Å². The minimum atomic E-state index is -0.845. The molecule has 1 aromatic rings. The van der Waals surface area contributed by atoms with Crippen LogP contribution in [-0.4, -0.2) is 42.4 Å². The number of nitrogens with two attached hydrogens (primary N) is 1. The lowest BCUT2D eigenvalue weighted by Gasteiger charge is -2.25. The molecule has 1 aromatic carbocycles. The number of hydrogen-bond acceptors (Lipinski definition) is 4. The fourth-order valence-electron chi connectivity index (χ4n) is 2.98. The Labute approximate surface area is 183 Å². The molecule has 0 bridgehead atoms. The van der Waals surface area contributed by atoms with E-state index < -0.39 is 24.0 Å². The number of nitrogens with one attached hydrogen (secondary N) is 4. The van der Waals surface area contributed by atoms with Crippen molar-refractivity contribution in [3.63, 3.8) is 0 Å². The van der Waals surface area contributed by atoms with Gasteiger partial charge in [0, 0.05) is 19.2 Å². The number of amides is 5. The van der Waals surface area contributed by atoms with E-state index >= 15 is 0 Å². The molecule has 0 fully saturated rings. The zero-order chi connectivity index (χ0) is 23.6. The summed E-state index contributed by atoms with van der Waals surface area (Å²) >= 11 is 0. The summed E-state index contributed by atoms with van der Waals surface area (Å²) in [5, 5.41) is 10.6. The summed E-state index contributed by atoms with van der Waals surface area (Å²) < 4.78 is 0. The number of anilines is 1. The predicted octanol–water partition coefficient (Wildman–Crippen LogP) is 1.84. The van der Waals surface area contributed by atoms with Gasteiger partial charge < -0.3 is 27.0 Å². The van der Waals surface area contributed by atoms with E-state index in [1.165, 1.54) is 6.92 Å². The largest absolute Gasteiger partial charge is 0.352 e. The summed E-state index contributed by atoms with van der Waals surface area (Å²) in [4.78, 5) is 47.9. The summed E-state index contributed by atoms with van der Waals surface area (Å²) in [7, 11) is 0. The molecule has 5 amide bonds. The molecule has 1 rings (SSSR count). The average Bonchev–Trinajstić information content (AvgIpc) is 2.68. The van der Waals surface area contributed by atoms with Crippen LogP contribution in [0.25, 0.3) is 0 Å². The van der Waals surface area contributed by atoms with Gasteiger partial charge in [0.05, 0.1) is 0 Å². The summed E-state index contributed by atoms with van der Waals surface area (Å²) in [6.07, 6.45) is 0.715. The first kappa shape index (κ1) is 25.9. The Balaban J connectivity index is 2.89. The van der Waals surface area contributed by atoms with E-state index in [1.54, 1.807) is 0 Å². The molecule has 9 heteroatoms. The molecule has 9 nitrogen and oxygen atoms in total. The highest BCUT2D eigenvalue weighted by Gasteiger charge is 2.28.